The van der Waals surface area contributed by atoms with Crippen LogP contribution in [-0.2, 0) is 6.42 Å². The number of fused-ring (bicyclic) bond motifs is 1. The summed E-state index contributed by atoms with van der Waals surface area (Å²) in [5.74, 6) is -0.565. The zero-order valence-corrected chi connectivity index (χ0v) is 17.2. The summed E-state index contributed by atoms with van der Waals surface area (Å²) in [6, 6.07) is 12.9. The van der Waals surface area contributed by atoms with Crippen molar-refractivity contribution in [3.63, 3.8) is 0 Å². The first-order valence-corrected chi connectivity index (χ1v) is 10.4. The van der Waals surface area contributed by atoms with Crippen LogP contribution < -0.4 is 10.2 Å². The molecular weight excluding hydrogens is 426 g/mol. The minimum Gasteiger partial charge on any atom is -0.322 e. The molecule has 0 bridgehead atoms. The Morgan fingerprint density at radius 3 is 2.73 bits per heavy atom. The van der Waals surface area contributed by atoms with Crippen LogP contribution in [0.15, 0.2) is 53.9 Å². The second kappa shape index (κ2) is 8.25. The van der Waals surface area contributed by atoms with Crippen molar-refractivity contribution in [1.82, 2.24) is 0 Å². The molecule has 1 aliphatic heterocycles. The minimum absolute atomic E-state index is 0.0342. The van der Waals surface area contributed by atoms with Crippen LogP contribution in [0.1, 0.15) is 32.0 Å². The largest absolute Gasteiger partial charge is 0.322 e. The molecule has 4 rings (SSSR count). The molecule has 3 aromatic rings. The zero-order valence-electron chi connectivity index (χ0n) is 15.6. The van der Waals surface area contributed by atoms with Crippen molar-refractivity contribution >= 4 is 51.8 Å². The molecule has 2 amide bonds. The fourth-order valence-corrected chi connectivity index (χ4v) is 4.25. The summed E-state index contributed by atoms with van der Waals surface area (Å²) in [7, 11) is 0. The fourth-order valence-electron chi connectivity index (χ4n) is 3.39. The van der Waals surface area contributed by atoms with Crippen LogP contribution in [0, 0.1) is 10.1 Å². The number of carbonyl (C=O) groups excluding carboxylic acids is 2. The van der Waals surface area contributed by atoms with Crippen molar-refractivity contribution in [2.24, 2.45) is 0 Å². The van der Waals surface area contributed by atoms with Gasteiger partial charge in [0.2, 0.25) is 0 Å². The van der Waals surface area contributed by atoms with Gasteiger partial charge < -0.3 is 10.2 Å². The lowest BCUT2D eigenvalue weighted by Gasteiger charge is -2.29. The van der Waals surface area contributed by atoms with Gasteiger partial charge in [-0.1, -0.05) is 23.7 Å². The normalized spacial score (nSPS) is 12.9. The third-order valence-corrected chi connectivity index (χ3v) is 6.02. The number of nitrogens with zero attached hydrogens (tertiary/aromatic N) is 2. The van der Waals surface area contributed by atoms with Gasteiger partial charge in [-0.25, -0.2) is 0 Å². The van der Waals surface area contributed by atoms with Crippen molar-refractivity contribution in [1.29, 1.82) is 0 Å². The molecule has 1 aliphatic rings. The van der Waals surface area contributed by atoms with Gasteiger partial charge in [0.15, 0.2) is 0 Å². The summed E-state index contributed by atoms with van der Waals surface area (Å²) < 4.78 is 0. The highest BCUT2D eigenvalue weighted by Crippen LogP contribution is 2.32. The molecule has 1 N–H and O–H groups in total. The number of nitro groups is 1. The van der Waals surface area contributed by atoms with Crippen LogP contribution in [-0.4, -0.2) is 23.3 Å². The number of halogens is 1. The Bertz CT molecular complexity index is 1150. The molecule has 1 aromatic heterocycles. The number of hydrogen-bond donors (Lipinski definition) is 1. The molecule has 7 nitrogen and oxygen atoms in total. The Hall–Kier alpha value is -3.23. The molecule has 0 aliphatic carbocycles. The van der Waals surface area contributed by atoms with Gasteiger partial charge in [0.1, 0.15) is 5.02 Å². The second-order valence-electron chi connectivity index (χ2n) is 6.76. The molecule has 0 unspecified atom stereocenters. The number of aryl methyl sites for hydroxylation is 1. The molecule has 0 spiro atoms. The lowest BCUT2D eigenvalue weighted by Crippen LogP contribution is -2.35. The van der Waals surface area contributed by atoms with E-state index in [2.05, 4.69) is 5.32 Å². The molecule has 152 valence electrons. The van der Waals surface area contributed by atoms with E-state index in [1.807, 2.05) is 17.5 Å². The van der Waals surface area contributed by atoms with Crippen LogP contribution in [0.3, 0.4) is 0 Å². The number of nitro benzene ring substituents is 1. The SMILES string of the molecule is O=C(Nc1ccc2c(c1)N(C(=O)c1cccs1)CCC2)c1ccc(Cl)c([N+](=O)[O-])c1. The zero-order chi connectivity index (χ0) is 21.3. The molecule has 30 heavy (non-hydrogen) atoms. The summed E-state index contributed by atoms with van der Waals surface area (Å²) in [6.07, 6.45) is 1.71. The quantitative estimate of drug-likeness (QED) is 0.447. The average Bonchev–Trinajstić information content (AvgIpc) is 3.27. The van der Waals surface area contributed by atoms with Gasteiger partial charge in [-0.15, -0.1) is 11.3 Å². The maximum atomic E-state index is 12.9. The van der Waals surface area contributed by atoms with E-state index >= 15 is 0 Å². The third-order valence-electron chi connectivity index (χ3n) is 4.84. The van der Waals surface area contributed by atoms with Crippen LogP contribution in [0.25, 0.3) is 0 Å². The molecule has 0 fully saturated rings. The summed E-state index contributed by atoms with van der Waals surface area (Å²) in [5.41, 5.74) is 2.09. The van der Waals surface area contributed by atoms with E-state index in [0.29, 0.717) is 17.1 Å². The Morgan fingerprint density at radius 2 is 2.00 bits per heavy atom. The van der Waals surface area contributed by atoms with Crippen molar-refractivity contribution in [2.45, 2.75) is 12.8 Å². The van der Waals surface area contributed by atoms with Crippen LogP contribution in [0.2, 0.25) is 5.02 Å². The van der Waals surface area contributed by atoms with E-state index < -0.39 is 10.8 Å². The molecule has 2 aromatic carbocycles. The van der Waals surface area contributed by atoms with Gasteiger partial charge in [0.25, 0.3) is 17.5 Å². The highest BCUT2D eigenvalue weighted by molar-refractivity contribution is 7.12. The Balaban J connectivity index is 1.60. The highest BCUT2D eigenvalue weighted by atomic mass is 35.5. The number of hydrogen-bond acceptors (Lipinski definition) is 5. The first-order valence-electron chi connectivity index (χ1n) is 9.17. The number of thiophene rings is 1. The van der Waals surface area contributed by atoms with Crippen LogP contribution >= 0.6 is 22.9 Å². The van der Waals surface area contributed by atoms with E-state index in [1.54, 1.807) is 23.1 Å². The molecule has 0 saturated carbocycles. The van der Waals surface area contributed by atoms with E-state index in [1.165, 1.54) is 23.5 Å². The van der Waals surface area contributed by atoms with Crippen molar-refractivity contribution in [2.75, 3.05) is 16.8 Å². The van der Waals surface area contributed by atoms with Gasteiger partial charge in [-0.2, -0.15) is 0 Å². The second-order valence-corrected chi connectivity index (χ2v) is 8.11. The number of benzene rings is 2. The van der Waals surface area contributed by atoms with Gasteiger partial charge in [0.05, 0.1) is 9.80 Å². The lowest BCUT2D eigenvalue weighted by molar-refractivity contribution is -0.384. The smallest absolute Gasteiger partial charge is 0.288 e. The van der Waals surface area contributed by atoms with Gasteiger partial charge in [-0.3, -0.25) is 19.7 Å². The predicted molar refractivity (Wildman–Crippen MR) is 117 cm³/mol. The Kier molecular flexibility index (Phi) is 5.52. The van der Waals surface area contributed by atoms with E-state index in [4.69, 9.17) is 11.6 Å². The summed E-state index contributed by atoms with van der Waals surface area (Å²) >= 11 is 7.20. The average molecular weight is 442 g/mol. The standard InChI is InChI=1S/C21H16ClN3O4S/c22-16-8-6-14(11-18(16)25(28)29)20(26)23-15-7-5-13-3-1-9-24(17(13)12-15)21(27)19-4-2-10-30-19/h2,4-8,10-12H,1,3,9H2,(H,23,26). The molecule has 0 saturated heterocycles. The molecule has 2 heterocycles. The minimum atomic E-state index is -0.633. The number of anilines is 2. The highest BCUT2D eigenvalue weighted by Gasteiger charge is 2.25. The number of rotatable bonds is 4. The molecule has 9 heteroatoms. The van der Waals surface area contributed by atoms with Crippen LogP contribution in [0.4, 0.5) is 17.1 Å². The van der Waals surface area contributed by atoms with E-state index in [0.717, 1.165) is 30.2 Å². The van der Waals surface area contributed by atoms with E-state index in [-0.39, 0.29) is 22.2 Å². The van der Waals surface area contributed by atoms with E-state index in [9.17, 15) is 19.7 Å². The number of amides is 2. The number of carbonyl (C=O) groups is 2. The molecule has 0 radical (unpaired) electrons. The monoisotopic (exact) mass is 441 g/mol. The maximum Gasteiger partial charge on any atom is 0.288 e. The van der Waals surface area contributed by atoms with Crippen molar-refractivity contribution < 1.29 is 14.5 Å². The first kappa shape index (κ1) is 20.1. The van der Waals surface area contributed by atoms with Crippen molar-refractivity contribution in [3.8, 4) is 0 Å². The lowest BCUT2D eigenvalue weighted by atomic mass is 10.0. The summed E-state index contributed by atoms with van der Waals surface area (Å²) in [6.45, 7) is 0.602. The first-order chi connectivity index (χ1) is 14.4. The molecular formula is C21H16ClN3O4S. The fraction of sp³-hybridized carbons (Fsp3) is 0.143. The molecule has 0 atom stereocenters. The predicted octanol–water partition coefficient (Wildman–Crippen LogP) is 5.16. The summed E-state index contributed by atoms with van der Waals surface area (Å²) in [5, 5.41) is 15.6. The third kappa shape index (κ3) is 3.92. The van der Waals surface area contributed by atoms with Gasteiger partial charge >= 0.3 is 0 Å². The topological polar surface area (TPSA) is 92.6 Å². The Morgan fingerprint density at radius 1 is 1.17 bits per heavy atom. The number of nitrogens with one attached hydrogen (secondary N) is 1. The van der Waals surface area contributed by atoms with Gasteiger partial charge in [-0.05, 0) is 54.1 Å². The Labute approximate surface area is 181 Å². The summed E-state index contributed by atoms with van der Waals surface area (Å²) in [4.78, 5) is 38.3. The van der Waals surface area contributed by atoms with Gasteiger partial charge in [0, 0.05) is 29.5 Å². The van der Waals surface area contributed by atoms with Crippen LogP contribution in [0.5, 0.6) is 0 Å². The van der Waals surface area contributed by atoms with Crippen molar-refractivity contribution in [3.05, 3.63) is 85.1 Å². The maximum absolute atomic E-state index is 12.9.